The summed E-state index contributed by atoms with van der Waals surface area (Å²) in [6.45, 7) is 2.17. The fourth-order valence-electron chi connectivity index (χ4n) is 3.24. The van der Waals surface area contributed by atoms with Crippen LogP contribution >= 0.6 is 0 Å². The minimum Gasteiger partial charge on any atom is -0.480 e. The number of pyridine rings is 1. The van der Waals surface area contributed by atoms with Gasteiger partial charge in [0, 0.05) is 42.2 Å². The molecular weight excluding hydrogens is 336 g/mol. The van der Waals surface area contributed by atoms with Crippen molar-refractivity contribution in [3.8, 4) is 11.4 Å². The van der Waals surface area contributed by atoms with Crippen LogP contribution in [0.25, 0.3) is 11.4 Å². The van der Waals surface area contributed by atoms with E-state index in [1.54, 1.807) is 31.5 Å². The fourth-order valence-corrected chi connectivity index (χ4v) is 3.24. The molecular formula is C18H20N4O4. The maximum absolute atomic E-state index is 12.4. The summed E-state index contributed by atoms with van der Waals surface area (Å²) in [6, 6.07) is 2.80. The van der Waals surface area contributed by atoms with Gasteiger partial charge in [0.15, 0.2) is 0 Å². The lowest BCUT2D eigenvalue weighted by Crippen LogP contribution is -2.40. The molecule has 1 aliphatic rings. The van der Waals surface area contributed by atoms with E-state index in [1.165, 1.54) is 4.90 Å². The van der Waals surface area contributed by atoms with Crippen LogP contribution < -0.4 is 5.56 Å². The summed E-state index contributed by atoms with van der Waals surface area (Å²) >= 11 is 0. The molecule has 1 atom stereocenters. The second-order valence-corrected chi connectivity index (χ2v) is 6.30. The minimum atomic E-state index is -0.979. The van der Waals surface area contributed by atoms with Gasteiger partial charge in [0.05, 0.1) is 0 Å². The third-order valence-electron chi connectivity index (χ3n) is 4.60. The maximum Gasteiger partial charge on any atom is 0.326 e. The molecule has 1 aliphatic heterocycles. The van der Waals surface area contributed by atoms with Crippen LogP contribution in [0.1, 0.15) is 30.5 Å². The molecule has 8 heteroatoms. The molecule has 1 amide bonds. The standard InChI is InChI=1S/C18H20N4O4/c1-11-13(6-7-15(23)22-9-3-5-14(22)18(25)26)17(24)21-16(20-11)12-4-2-8-19-10-12/h2,4,8,10,14H,3,5-7,9H2,1H3,(H,25,26)(H,20,21,24)/t14-/m0/s1. The zero-order valence-corrected chi connectivity index (χ0v) is 14.4. The van der Waals surface area contributed by atoms with E-state index in [-0.39, 0.29) is 24.3 Å². The minimum absolute atomic E-state index is 0.0849. The van der Waals surface area contributed by atoms with Gasteiger partial charge in [-0.25, -0.2) is 9.78 Å². The fraction of sp³-hybridized carbons (Fsp3) is 0.389. The van der Waals surface area contributed by atoms with E-state index in [2.05, 4.69) is 15.0 Å². The first-order valence-electron chi connectivity index (χ1n) is 8.50. The molecule has 0 saturated carbocycles. The van der Waals surface area contributed by atoms with Crippen LogP contribution in [-0.4, -0.2) is 49.4 Å². The Bertz CT molecular complexity index is 879. The molecule has 136 valence electrons. The molecule has 0 bridgehead atoms. The number of hydrogen-bond acceptors (Lipinski definition) is 5. The topological polar surface area (TPSA) is 116 Å². The Labute approximate surface area is 149 Å². The third-order valence-corrected chi connectivity index (χ3v) is 4.60. The molecule has 26 heavy (non-hydrogen) atoms. The highest BCUT2D eigenvalue weighted by Crippen LogP contribution is 2.19. The summed E-state index contributed by atoms with van der Waals surface area (Å²) in [5, 5.41) is 9.18. The molecule has 2 N–H and O–H groups in total. The molecule has 0 aliphatic carbocycles. The van der Waals surface area contributed by atoms with Crippen molar-refractivity contribution in [1.29, 1.82) is 0 Å². The normalized spacial score (nSPS) is 16.7. The average molecular weight is 356 g/mol. The predicted octanol–water partition coefficient (Wildman–Crippen LogP) is 1.15. The molecule has 0 spiro atoms. The Morgan fingerprint density at radius 2 is 2.23 bits per heavy atom. The van der Waals surface area contributed by atoms with Crippen LogP contribution in [0.3, 0.4) is 0 Å². The summed E-state index contributed by atoms with van der Waals surface area (Å²) in [6.07, 6.45) is 4.72. The Balaban J connectivity index is 1.73. The monoisotopic (exact) mass is 356 g/mol. The SMILES string of the molecule is Cc1nc(-c2cccnc2)[nH]c(=O)c1CCC(=O)N1CCC[C@H]1C(=O)O. The molecule has 0 aromatic carbocycles. The zero-order valence-electron chi connectivity index (χ0n) is 14.4. The number of nitrogens with one attached hydrogen (secondary N) is 1. The van der Waals surface area contributed by atoms with Gasteiger partial charge < -0.3 is 15.0 Å². The average Bonchev–Trinajstić information content (AvgIpc) is 3.11. The molecule has 8 nitrogen and oxygen atoms in total. The number of aromatic nitrogens is 3. The van der Waals surface area contributed by atoms with Crippen molar-refractivity contribution in [2.24, 2.45) is 0 Å². The number of rotatable bonds is 5. The Morgan fingerprint density at radius 1 is 1.42 bits per heavy atom. The number of carboxylic acid groups (broad SMARTS) is 1. The van der Waals surface area contributed by atoms with Crippen LogP contribution in [0.15, 0.2) is 29.3 Å². The Kier molecular flexibility index (Phi) is 5.11. The number of carbonyl (C=O) groups is 2. The van der Waals surface area contributed by atoms with Gasteiger partial charge in [0.25, 0.3) is 5.56 Å². The van der Waals surface area contributed by atoms with Crippen molar-refractivity contribution in [3.05, 3.63) is 46.1 Å². The lowest BCUT2D eigenvalue weighted by molar-refractivity contribution is -0.148. The van der Waals surface area contributed by atoms with E-state index in [4.69, 9.17) is 0 Å². The number of hydrogen-bond donors (Lipinski definition) is 2. The van der Waals surface area contributed by atoms with Gasteiger partial charge in [-0.15, -0.1) is 0 Å². The van der Waals surface area contributed by atoms with Gasteiger partial charge in [-0.05, 0) is 38.3 Å². The van der Waals surface area contributed by atoms with E-state index >= 15 is 0 Å². The predicted molar refractivity (Wildman–Crippen MR) is 93.5 cm³/mol. The molecule has 2 aromatic rings. The summed E-state index contributed by atoms with van der Waals surface area (Å²) in [4.78, 5) is 48.5. The highest BCUT2D eigenvalue weighted by atomic mass is 16.4. The number of likely N-dealkylation sites (tertiary alicyclic amines) is 1. The van der Waals surface area contributed by atoms with Gasteiger partial charge in [-0.2, -0.15) is 0 Å². The second-order valence-electron chi connectivity index (χ2n) is 6.30. The summed E-state index contributed by atoms with van der Waals surface area (Å²) < 4.78 is 0. The van der Waals surface area contributed by atoms with Gasteiger partial charge >= 0.3 is 5.97 Å². The van der Waals surface area contributed by atoms with Crippen LogP contribution in [-0.2, 0) is 16.0 Å². The highest BCUT2D eigenvalue weighted by molar-refractivity contribution is 5.84. The zero-order chi connectivity index (χ0) is 18.7. The van der Waals surface area contributed by atoms with E-state index in [9.17, 15) is 19.5 Å². The smallest absolute Gasteiger partial charge is 0.326 e. The van der Waals surface area contributed by atoms with E-state index < -0.39 is 12.0 Å². The molecule has 0 unspecified atom stereocenters. The Morgan fingerprint density at radius 3 is 2.88 bits per heavy atom. The van der Waals surface area contributed by atoms with Gasteiger partial charge in [-0.3, -0.25) is 14.6 Å². The molecule has 3 rings (SSSR count). The summed E-state index contributed by atoms with van der Waals surface area (Å²) in [5.41, 5.74) is 1.41. The highest BCUT2D eigenvalue weighted by Gasteiger charge is 2.33. The molecule has 3 heterocycles. The van der Waals surface area contributed by atoms with Crippen LogP contribution in [0.4, 0.5) is 0 Å². The first kappa shape index (κ1) is 17.8. The second kappa shape index (κ2) is 7.47. The van der Waals surface area contributed by atoms with Gasteiger partial charge in [0.1, 0.15) is 11.9 Å². The van der Waals surface area contributed by atoms with Gasteiger partial charge in [0.2, 0.25) is 5.91 Å². The van der Waals surface area contributed by atoms with Crippen LogP contribution in [0, 0.1) is 6.92 Å². The van der Waals surface area contributed by atoms with Crippen molar-refractivity contribution in [2.45, 2.75) is 38.6 Å². The van der Waals surface area contributed by atoms with Crippen molar-refractivity contribution >= 4 is 11.9 Å². The summed E-state index contributed by atoms with van der Waals surface area (Å²) in [5.74, 6) is -0.793. The number of aryl methyl sites for hydroxylation is 1. The van der Waals surface area contributed by atoms with E-state index in [1.807, 2.05) is 0 Å². The Hall–Kier alpha value is -3.03. The number of aliphatic carboxylic acids is 1. The van der Waals surface area contributed by atoms with E-state index in [0.29, 0.717) is 42.0 Å². The van der Waals surface area contributed by atoms with E-state index in [0.717, 1.165) is 0 Å². The number of amides is 1. The van der Waals surface area contributed by atoms with Gasteiger partial charge in [-0.1, -0.05) is 0 Å². The molecule has 1 saturated heterocycles. The molecule has 2 aromatic heterocycles. The lowest BCUT2D eigenvalue weighted by Gasteiger charge is -2.21. The summed E-state index contributed by atoms with van der Waals surface area (Å²) in [7, 11) is 0. The number of H-pyrrole nitrogens is 1. The number of nitrogens with zero attached hydrogens (tertiary/aromatic N) is 3. The van der Waals surface area contributed by atoms with Crippen LogP contribution in [0.5, 0.6) is 0 Å². The lowest BCUT2D eigenvalue weighted by atomic mass is 10.1. The third kappa shape index (κ3) is 3.63. The first-order chi connectivity index (χ1) is 12.5. The quantitative estimate of drug-likeness (QED) is 0.830. The number of carbonyl (C=O) groups excluding carboxylic acids is 1. The maximum atomic E-state index is 12.4. The first-order valence-corrected chi connectivity index (χ1v) is 8.50. The van der Waals surface area contributed by atoms with Crippen LogP contribution in [0.2, 0.25) is 0 Å². The van der Waals surface area contributed by atoms with Crippen molar-refractivity contribution < 1.29 is 14.7 Å². The van der Waals surface area contributed by atoms with Crippen molar-refractivity contribution in [2.75, 3.05) is 6.54 Å². The molecule has 0 radical (unpaired) electrons. The molecule has 1 fully saturated rings. The number of aromatic amines is 1. The number of carboxylic acids is 1. The largest absolute Gasteiger partial charge is 0.480 e. The van der Waals surface area contributed by atoms with Crippen molar-refractivity contribution in [3.63, 3.8) is 0 Å². The van der Waals surface area contributed by atoms with Crippen molar-refractivity contribution in [1.82, 2.24) is 19.9 Å².